The highest BCUT2D eigenvalue weighted by Crippen LogP contribution is 2.40. The number of hydrogen-bond acceptors (Lipinski definition) is 0. The van der Waals surface area contributed by atoms with E-state index in [-0.39, 0.29) is 29.0 Å². The van der Waals surface area contributed by atoms with Crippen LogP contribution < -0.4 is 0 Å². The summed E-state index contributed by atoms with van der Waals surface area (Å²) >= 11 is 0. The number of unbranched alkanes of at least 4 members (excludes halogenated alkanes) is 2. The van der Waals surface area contributed by atoms with Gasteiger partial charge in [-0.2, -0.15) is 0 Å². The lowest BCUT2D eigenvalue weighted by atomic mass is 9.76. The van der Waals surface area contributed by atoms with Crippen molar-refractivity contribution >= 4 is 0 Å². The van der Waals surface area contributed by atoms with Crippen molar-refractivity contribution < 1.29 is 17.6 Å². The highest BCUT2D eigenvalue weighted by molar-refractivity contribution is 5.66. The second-order valence-corrected chi connectivity index (χ2v) is 9.03. The van der Waals surface area contributed by atoms with Crippen molar-refractivity contribution in [1.82, 2.24) is 0 Å². The fourth-order valence-corrected chi connectivity index (χ4v) is 4.86. The van der Waals surface area contributed by atoms with Gasteiger partial charge in [-0.1, -0.05) is 75.9 Å². The molecule has 0 aromatic heterocycles. The van der Waals surface area contributed by atoms with Crippen molar-refractivity contribution in [2.24, 2.45) is 5.92 Å². The minimum atomic E-state index is -1.13. The predicted octanol–water partition coefficient (Wildman–Crippen LogP) is 9.27. The molecule has 0 bridgehead atoms. The Bertz CT molecular complexity index is 924. The van der Waals surface area contributed by atoms with Crippen molar-refractivity contribution in [3.8, 4) is 11.1 Å². The molecule has 1 saturated carbocycles. The van der Waals surface area contributed by atoms with Crippen LogP contribution in [-0.2, 0) is 6.42 Å². The van der Waals surface area contributed by atoms with E-state index in [0.29, 0.717) is 11.5 Å². The normalized spacial score (nSPS) is 19.1. The third-order valence-corrected chi connectivity index (χ3v) is 6.81. The average Bonchev–Trinajstić information content (AvgIpc) is 2.80. The standard InChI is InChI=1S/C28H34F4/c1-3-5-7-9-19-11-13-20(14-12-19)22-17-18-24(28(32)26(22)30)23-16-15-21(10-8-6-4-2)25(29)27(23)31/h6,8,15-20H,3-5,7,9-14H2,1-2H3/b8-6-. The molecule has 1 aliphatic rings. The molecule has 0 spiro atoms. The first-order valence-corrected chi connectivity index (χ1v) is 12.1. The largest absolute Gasteiger partial charge is 0.203 e. The highest BCUT2D eigenvalue weighted by Gasteiger charge is 2.27. The van der Waals surface area contributed by atoms with Gasteiger partial charge in [0, 0.05) is 11.1 Å². The molecule has 0 amide bonds. The molecule has 0 unspecified atom stereocenters. The molecule has 0 heterocycles. The summed E-state index contributed by atoms with van der Waals surface area (Å²) in [5, 5.41) is 0. The Morgan fingerprint density at radius 3 is 2.06 bits per heavy atom. The fraction of sp³-hybridized carbons (Fsp3) is 0.500. The van der Waals surface area contributed by atoms with Crippen LogP contribution in [0.3, 0.4) is 0 Å². The first-order chi connectivity index (χ1) is 15.5. The van der Waals surface area contributed by atoms with E-state index in [4.69, 9.17) is 0 Å². The third kappa shape index (κ3) is 5.63. The maximum atomic E-state index is 15.0. The Labute approximate surface area is 189 Å². The first kappa shape index (κ1) is 24.5. The summed E-state index contributed by atoms with van der Waals surface area (Å²) in [5.41, 5.74) is 0.0875. The van der Waals surface area contributed by atoms with Crippen molar-refractivity contribution in [2.75, 3.05) is 0 Å². The first-order valence-electron chi connectivity index (χ1n) is 12.1. The number of hydrogen-bond donors (Lipinski definition) is 0. The molecule has 0 atom stereocenters. The summed E-state index contributed by atoms with van der Waals surface area (Å²) in [6.07, 6.45) is 13.4. The molecule has 0 radical (unpaired) electrons. The lowest BCUT2D eigenvalue weighted by Gasteiger charge is -2.29. The van der Waals surface area contributed by atoms with Crippen LogP contribution in [0.5, 0.6) is 0 Å². The van der Waals surface area contributed by atoms with Gasteiger partial charge in [-0.25, -0.2) is 17.6 Å². The van der Waals surface area contributed by atoms with Crippen molar-refractivity contribution in [1.29, 1.82) is 0 Å². The monoisotopic (exact) mass is 446 g/mol. The zero-order chi connectivity index (χ0) is 23.1. The molecule has 0 aliphatic heterocycles. The van der Waals surface area contributed by atoms with E-state index in [9.17, 15) is 17.6 Å². The van der Waals surface area contributed by atoms with Crippen molar-refractivity contribution in [2.45, 2.75) is 84.0 Å². The lowest BCUT2D eigenvalue weighted by molar-refractivity contribution is 0.298. The number of benzene rings is 2. The van der Waals surface area contributed by atoms with Gasteiger partial charge in [-0.05, 0) is 61.5 Å². The maximum Gasteiger partial charge on any atom is 0.167 e. The van der Waals surface area contributed by atoms with E-state index in [1.54, 1.807) is 12.1 Å². The van der Waals surface area contributed by atoms with Crippen molar-refractivity contribution in [3.05, 3.63) is 70.8 Å². The molecule has 174 valence electrons. The Morgan fingerprint density at radius 1 is 0.750 bits per heavy atom. The average molecular weight is 447 g/mol. The smallest absolute Gasteiger partial charge is 0.167 e. The Balaban J connectivity index is 1.77. The molecule has 32 heavy (non-hydrogen) atoms. The molecule has 3 rings (SSSR count). The van der Waals surface area contributed by atoms with Gasteiger partial charge in [-0.3, -0.25) is 0 Å². The second kappa shape index (κ2) is 11.7. The van der Waals surface area contributed by atoms with Crippen molar-refractivity contribution in [3.63, 3.8) is 0 Å². The lowest BCUT2D eigenvalue weighted by Crippen LogP contribution is -2.15. The minimum Gasteiger partial charge on any atom is -0.203 e. The van der Waals surface area contributed by atoms with Crippen LogP contribution >= 0.6 is 0 Å². The number of halogens is 4. The second-order valence-electron chi connectivity index (χ2n) is 9.03. The van der Waals surface area contributed by atoms with Gasteiger partial charge >= 0.3 is 0 Å². The van der Waals surface area contributed by atoms with E-state index in [0.717, 1.165) is 32.1 Å². The topological polar surface area (TPSA) is 0 Å². The summed E-state index contributed by atoms with van der Waals surface area (Å²) in [7, 11) is 0. The van der Waals surface area contributed by atoms with E-state index in [2.05, 4.69) is 6.92 Å². The van der Waals surface area contributed by atoms with Crippen LogP contribution in [0, 0.1) is 29.2 Å². The molecule has 2 aromatic carbocycles. The van der Waals surface area contributed by atoms with Crippen LogP contribution in [0.2, 0.25) is 0 Å². The Morgan fingerprint density at radius 2 is 1.41 bits per heavy atom. The van der Waals surface area contributed by atoms with E-state index >= 15 is 0 Å². The van der Waals surface area contributed by atoms with E-state index < -0.39 is 23.3 Å². The van der Waals surface area contributed by atoms with Gasteiger partial charge in [0.25, 0.3) is 0 Å². The van der Waals surface area contributed by atoms with Gasteiger partial charge in [0.1, 0.15) is 0 Å². The number of rotatable bonds is 9. The van der Waals surface area contributed by atoms with Crippen LogP contribution in [-0.4, -0.2) is 0 Å². The Kier molecular flexibility index (Phi) is 8.95. The molecular weight excluding hydrogens is 412 g/mol. The molecule has 0 saturated heterocycles. The molecule has 0 N–H and O–H groups in total. The summed E-state index contributed by atoms with van der Waals surface area (Å²) in [4.78, 5) is 0. The van der Waals surface area contributed by atoms with Gasteiger partial charge in [-0.15, -0.1) is 0 Å². The summed E-state index contributed by atoms with van der Waals surface area (Å²) in [6.45, 7) is 4.15. The molecule has 1 fully saturated rings. The molecule has 1 aliphatic carbocycles. The molecule has 0 nitrogen and oxygen atoms in total. The quantitative estimate of drug-likeness (QED) is 0.204. The van der Waals surface area contributed by atoms with Gasteiger partial charge in [0.2, 0.25) is 0 Å². The molecule has 4 heteroatoms. The zero-order valence-corrected chi connectivity index (χ0v) is 19.2. The number of allylic oxidation sites excluding steroid dienone is 2. The molecule has 2 aromatic rings. The SMILES string of the molecule is CC/C=C\Cc1ccc(-c2ccc(C3CCC(CCCCC)CC3)c(F)c2F)c(F)c1F. The fourth-order valence-electron chi connectivity index (χ4n) is 4.86. The van der Waals surface area contributed by atoms with Crippen LogP contribution in [0.25, 0.3) is 11.1 Å². The summed E-state index contributed by atoms with van der Waals surface area (Å²) in [6, 6.07) is 5.74. The Hall–Kier alpha value is -2.10. The van der Waals surface area contributed by atoms with Gasteiger partial charge in [0.15, 0.2) is 23.3 Å². The van der Waals surface area contributed by atoms with Crippen LogP contribution in [0.15, 0.2) is 36.4 Å². The predicted molar refractivity (Wildman–Crippen MR) is 124 cm³/mol. The maximum absolute atomic E-state index is 15.0. The molecular formula is C28H34F4. The van der Waals surface area contributed by atoms with Gasteiger partial charge < -0.3 is 0 Å². The highest BCUT2D eigenvalue weighted by atomic mass is 19.2. The van der Waals surface area contributed by atoms with E-state index in [1.807, 2.05) is 13.0 Å². The summed E-state index contributed by atoms with van der Waals surface area (Å²) < 4.78 is 59.2. The van der Waals surface area contributed by atoms with Gasteiger partial charge in [0.05, 0.1) is 0 Å². The van der Waals surface area contributed by atoms with Crippen LogP contribution in [0.1, 0.15) is 88.7 Å². The van der Waals surface area contributed by atoms with Crippen LogP contribution in [0.4, 0.5) is 17.6 Å². The van der Waals surface area contributed by atoms with E-state index in [1.165, 1.54) is 43.9 Å². The third-order valence-electron chi connectivity index (χ3n) is 6.81. The minimum absolute atomic E-state index is 0.0183. The summed E-state index contributed by atoms with van der Waals surface area (Å²) in [5.74, 6) is -3.50. The zero-order valence-electron chi connectivity index (χ0n) is 19.2.